The molecule has 3 aromatic carbocycles. The van der Waals surface area contributed by atoms with E-state index in [4.69, 9.17) is 4.74 Å². The second kappa shape index (κ2) is 12.2. The van der Waals surface area contributed by atoms with Gasteiger partial charge in [0.15, 0.2) is 0 Å². The number of aliphatic hydroxyl groups excluding tert-OH is 1. The minimum absolute atomic E-state index is 0.00522. The van der Waals surface area contributed by atoms with Crippen LogP contribution in [0.1, 0.15) is 29.8 Å². The standard InChI is InChI=1S/C29H35N3O7S2/c1-20-10-13-25(14-11-20)41(37,38)31(4)18-28-21(2)17-32(22(3)19-33)29(34)26-16-23(12-15-27(26)39-28)30-40(35,36)24-8-6-5-7-9-24/h5-16,21-22,28,30,33H,17-19H2,1-4H3/t21-,22+,28-/m1/s1. The second-order valence-electron chi connectivity index (χ2n) is 10.4. The summed E-state index contributed by atoms with van der Waals surface area (Å²) in [6, 6.07) is 18.3. The summed E-state index contributed by atoms with van der Waals surface area (Å²) in [4.78, 5) is 15.4. The molecule has 3 aromatic rings. The first-order chi connectivity index (χ1) is 19.3. The number of hydrogen-bond donors (Lipinski definition) is 2. The number of aliphatic hydroxyl groups is 1. The van der Waals surface area contributed by atoms with Gasteiger partial charge >= 0.3 is 0 Å². The molecule has 0 fully saturated rings. The molecular formula is C29H35N3O7S2. The first kappa shape index (κ1) is 30.5. The van der Waals surface area contributed by atoms with Crippen LogP contribution < -0.4 is 9.46 Å². The van der Waals surface area contributed by atoms with E-state index in [1.807, 2.05) is 13.8 Å². The number of carbonyl (C=O) groups is 1. The lowest BCUT2D eigenvalue weighted by molar-refractivity contribution is 0.0387. The number of sulfonamides is 2. The van der Waals surface area contributed by atoms with Crippen LogP contribution in [0.15, 0.2) is 82.6 Å². The number of aryl methyl sites for hydroxylation is 1. The first-order valence-corrected chi connectivity index (χ1v) is 16.1. The Labute approximate surface area is 241 Å². The maximum absolute atomic E-state index is 13.7. The van der Waals surface area contributed by atoms with Gasteiger partial charge in [-0.25, -0.2) is 16.8 Å². The highest BCUT2D eigenvalue weighted by molar-refractivity contribution is 7.92. The predicted molar refractivity (Wildman–Crippen MR) is 156 cm³/mol. The zero-order valence-corrected chi connectivity index (χ0v) is 25.0. The molecule has 1 amide bonds. The van der Waals surface area contributed by atoms with Crippen molar-refractivity contribution in [2.45, 2.75) is 42.7 Å². The molecule has 220 valence electrons. The van der Waals surface area contributed by atoms with E-state index in [0.29, 0.717) is 0 Å². The van der Waals surface area contributed by atoms with Crippen molar-refractivity contribution in [1.29, 1.82) is 0 Å². The quantitative estimate of drug-likeness (QED) is 0.384. The average molecular weight is 602 g/mol. The molecule has 0 saturated heterocycles. The van der Waals surface area contributed by atoms with E-state index < -0.39 is 38.1 Å². The Morgan fingerprint density at radius 3 is 2.32 bits per heavy atom. The van der Waals surface area contributed by atoms with Gasteiger partial charge in [0.1, 0.15) is 11.9 Å². The molecule has 0 saturated carbocycles. The maximum Gasteiger partial charge on any atom is 0.261 e. The third kappa shape index (κ3) is 6.72. The van der Waals surface area contributed by atoms with Crippen molar-refractivity contribution in [3.63, 3.8) is 0 Å². The van der Waals surface area contributed by atoms with Crippen LogP contribution in [-0.2, 0) is 20.0 Å². The van der Waals surface area contributed by atoms with Crippen molar-refractivity contribution in [3.8, 4) is 5.75 Å². The highest BCUT2D eigenvalue weighted by Crippen LogP contribution is 2.32. The Bertz CT molecular complexity index is 1600. The summed E-state index contributed by atoms with van der Waals surface area (Å²) in [6.07, 6.45) is -0.660. The third-order valence-corrected chi connectivity index (χ3v) is 10.4. The fraction of sp³-hybridized carbons (Fsp3) is 0.345. The van der Waals surface area contributed by atoms with Gasteiger partial charge in [-0.1, -0.05) is 42.8 Å². The lowest BCUT2D eigenvalue weighted by atomic mass is 9.99. The Balaban J connectivity index is 1.68. The molecule has 41 heavy (non-hydrogen) atoms. The number of benzene rings is 3. The number of hydrogen-bond acceptors (Lipinski definition) is 7. The SMILES string of the molecule is Cc1ccc(S(=O)(=O)N(C)C[C@H]2Oc3ccc(NS(=O)(=O)c4ccccc4)cc3C(=O)N([C@@H](C)CO)C[C@H]2C)cc1. The van der Waals surface area contributed by atoms with E-state index >= 15 is 0 Å². The van der Waals surface area contributed by atoms with E-state index in [2.05, 4.69) is 4.72 Å². The van der Waals surface area contributed by atoms with Crippen LogP contribution in [0.2, 0.25) is 0 Å². The molecule has 0 radical (unpaired) electrons. The summed E-state index contributed by atoms with van der Waals surface area (Å²) in [7, 11) is -6.26. The molecule has 0 unspecified atom stereocenters. The van der Waals surface area contributed by atoms with Crippen molar-refractivity contribution in [2.24, 2.45) is 5.92 Å². The number of nitrogens with zero attached hydrogens (tertiary/aromatic N) is 2. The fourth-order valence-corrected chi connectivity index (χ4v) is 6.81. The summed E-state index contributed by atoms with van der Waals surface area (Å²) in [6.45, 7) is 5.33. The number of ether oxygens (including phenoxy) is 1. The van der Waals surface area contributed by atoms with Gasteiger partial charge in [-0.3, -0.25) is 9.52 Å². The van der Waals surface area contributed by atoms with Gasteiger partial charge < -0.3 is 14.7 Å². The number of carbonyl (C=O) groups excluding carboxylic acids is 1. The number of likely N-dealkylation sites (N-methyl/N-ethyl adjacent to an activating group) is 1. The number of amides is 1. The van der Waals surface area contributed by atoms with Crippen molar-refractivity contribution in [3.05, 3.63) is 83.9 Å². The summed E-state index contributed by atoms with van der Waals surface area (Å²) >= 11 is 0. The lowest BCUT2D eigenvalue weighted by Crippen LogP contribution is -2.50. The highest BCUT2D eigenvalue weighted by atomic mass is 32.2. The predicted octanol–water partition coefficient (Wildman–Crippen LogP) is 3.34. The number of fused-ring (bicyclic) bond motifs is 1. The molecule has 12 heteroatoms. The second-order valence-corrected chi connectivity index (χ2v) is 14.1. The minimum atomic E-state index is -3.92. The van der Waals surface area contributed by atoms with Crippen LogP contribution in [0.5, 0.6) is 5.75 Å². The monoisotopic (exact) mass is 601 g/mol. The summed E-state index contributed by atoms with van der Waals surface area (Å²) < 4.78 is 62.4. The van der Waals surface area contributed by atoms with E-state index in [-0.39, 0.29) is 52.4 Å². The molecule has 1 aliphatic rings. The molecule has 2 N–H and O–H groups in total. The van der Waals surface area contributed by atoms with E-state index in [1.54, 1.807) is 49.4 Å². The van der Waals surface area contributed by atoms with Crippen LogP contribution in [-0.4, -0.2) is 75.9 Å². The molecule has 0 aliphatic carbocycles. The molecule has 1 aliphatic heterocycles. The van der Waals surface area contributed by atoms with Gasteiger partial charge in [0.05, 0.1) is 34.5 Å². The zero-order valence-electron chi connectivity index (χ0n) is 23.4. The van der Waals surface area contributed by atoms with Crippen LogP contribution in [0.4, 0.5) is 5.69 Å². The normalized spacial score (nSPS) is 18.7. The summed E-state index contributed by atoms with van der Waals surface area (Å²) in [5, 5.41) is 9.89. The van der Waals surface area contributed by atoms with Gasteiger partial charge in [0.25, 0.3) is 15.9 Å². The van der Waals surface area contributed by atoms with E-state index in [0.717, 1.165) is 5.56 Å². The van der Waals surface area contributed by atoms with E-state index in [9.17, 15) is 26.7 Å². The fourth-order valence-electron chi connectivity index (χ4n) is 4.56. The van der Waals surface area contributed by atoms with Crippen molar-refractivity contribution in [2.75, 3.05) is 31.5 Å². The minimum Gasteiger partial charge on any atom is -0.488 e. The molecule has 10 nitrogen and oxygen atoms in total. The third-order valence-electron chi connectivity index (χ3n) is 7.14. The Morgan fingerprint density at radius 1 is 1.02 bits per heavy atom. The Hall–Kier alpha value is -3.45. The van der Waals surface area contributed by atoms with E-state index in [1.165, 1.54) is 46.6 Å². The highest BCUT2D eigenvalue weighted by Gasteiger charge is 2.35. The van der Waals surface area contributed by atoms with Gasteiger partial charge in [-0.2, -0.15) is 4.31 Å². The van der Waals surface area contributed by atoms with Crippen LogP contribution in [0, 0.1) is 12.8 Å². The average Bonchev–Trinajstić information content (AvgIpc) is 2.95. The topological polar surface area (TPSA) is 133 Å². The molecule has 0 aromatic heterocycles. The van der Waals surface area contributed by atoms with Crippen molar-refractivity contribution >= 4 is 31.6 Å². The van der Waals surface area contributed by atoms with Crippen molar-refractivity contribution < 1.29 is 31.5 Å². The number of nitrogens with one attached hydrogen (secondary N) is 1. The van der Waals surface area contributed by atoms with Gasteiger partial charge in [-0.15, -0.1) is 0 Å². The molecule has 1 heterocycles. The largest absolute Gasteiger partial charge is 0.488 e. The van der Waals surface area contributed by atoms with Crippen LogP contribution in [0.25, 0.3) is 0 Å². The molecule has 3 atom stereocenters. The Kier molecular flexibility index (Phi) is 9.07. The smallest absolute Gasteiger partial charge is 0.261 e. The Morgan fingerprint density at radius 2 is 1.68 bits per heavy atom. The van der Waals surface area contributed by atoms with Gasteiger partial charge in [0.2, 0.25) is 10.0 Å². The summed E-state index contributed by atoms with van der Waals surface area (Å²) in [5.41, 5.74) is 1.19. The van der Waals surface area contributed by atoms with Crippen LogP contribution in [0.3, 0.4) is 0 Å². The molecule has 0 spiro atoms. The van der Waals surface area contributed by atoms with Crippen LogP contribution >= 0.6 is 0 Å². The van der Waals surface area contributed by atoms with Crippen molar-refractivity contribution in [1.82, 2.24) is 9.21 Å². The molecule has 4 rings (SSSR count). The van der Waals surface area contributed by atoms with Gasteiger partial charge in [-0.05, 0) is 56.3 Å². The zero-order chi connectivity index (χ0) is 29.9. The maximum atomic E-state index is 13.7. The lowest BCUT2D eigenvalue weighted by Gasteiger charge is -2.38. The number of anilines is 1. The summed E-state index contributed by atoms with van der Waals surface area (Å²) in [5.74, 6) is -0.563. The van der Waals surface area contributed by atoms with Gasteiger partial charge in [0, 0.05) is 25.2 Å². The molecule has 0 bridgehead atoms. The number of rotatable bonds is 9. The first-order valence-electron chi connectivity index (χ1n) is 13.2. The molecular weight excluding hydrogens is 566 g/mol.